The highest BCUT2D eigenvalue weighted by Crippen LogP contribution is 2.23. The van der Waals surface area contributed by atoms with E-state index in [4.69, 9.17) is 4.74 Å². The SMILES string of the molecule is COc1cccc(CNS(=O)(=O)c2ccc(F)cc2Br)c1. The molecule has 0 atom stereocenters. The topological polar surface area (TPSA) is 55.4 Å². The van der Waals surface area contributed by atoms with Gasteiger partial charge >= 0.3 is 0 Å². The molecular formula is C14H13BrFNO3S. The van der Waals surface area contributed by atoms with Gasteiger partial charge in [-0.1, -0.05) is 12.1 Å². The van der Waals surface area contributed by atoms with Gasteiger partial charge < -0.3 is 4.74 Å². The summed E-state index contributed by atoms with van der Waals surface area (Å²) < 4.78 is 45.1. The highest BCUT2D eigenvalue weighted by atomic mass is 79.9. The Labute approximate surface area is 131 Å². The van der Waals surface area contributed by atoms with Crippen LogP contribution < -0.4 is 9.46 Å². The zero-order chi connectivity index (χ0) is 15.5. The van der Waals surface area contributed by atoms with Crippen molar-refractivity contribution in [2.24, 2.45) is 0 Å². The maximum absolute atomic E-state index is 13.0. The summed E-state index contributed by atoms with van der Waals surface area (Å²) >= 11 is 3.05. The number of halogens is 2. The third-order valence-electron chi connectivity index (χ3n) is 2.78. The average molecular weight is 374 g/mol. The summed E-state index contributed by atoms with van der Waals surface area (Å²) in [5.74, 6) is 0.142. The van der Waals surface area contributed by atoms with Gasteiger partial charge in [0.25, 0.3) is 0 Å². The largest absolute Gasteiger partial charge is 0.497 e. The Bertz CT molecular complexity index is 750. The molecule has 0 heterocycles. The first kappa shape index (κ1) is 15.9. The van der Waals surface area contributed by atoms with Gasteiger partial charge in [0.1, 0.15) is 11.6 Å². The lowest BCUT2D eigenvalue weighted by Gasteiger charge is -2.09. The van der Waals surface area contributed by atoms with Crippen LogP contribution in [0, 0.1) is 5.82 Å². The van der Waals surface area contributed by atoms with Crippen LogP contribution >= 0.6 is 15.9 Å². The minimum absolute atomic E-state index is 0.00760. The Balaban J connectivity index is 2.17. The molecule has 0 fully saturated rings. The standard InChI is InChI=1S/C14H13BrFNO3S/c1-20-12-4-2-3-10(7-12)9-17-21(18,19)14-6-5-11(16)8-13(14)15/h2-8,17H,9H2,1H3. The van der Waals surface area contributed by atoms with E-state index in [0.717, 1.165) is 17.7 Å². The third-order valence-corrected chi connectivity index (χ3v) is 5.16. The van der Waals surface area contributed by atoms with Crippen LogP contribution in [0.15, 0.2) is 51.8 Å². The third kappa shape index (κ3) is 4.03. The molecule has 0 aliphatic heterocycles. The lowest BCUT2D eigenvalue weighted by molar-refractivity contribution is 0.414. The van der Waals surface area contributed by atoms with E-state index >= 15 is 0 Å². The summed E-state index contributed by atoms with van der Waals surface area (Å²) in [7, 11) is -2.19. The smallest absolute Gasteiger partial charge is 0.241 e. The van der Waals surface area contributed by atoms with Crippen molar-refractivity contribution in [3.63, 3.8) is 0 Å². The van der Waals surface area contributed by atoms with Crippen molar-refractivity contribution in [3.05, 3.63) is 58.3 Å². The lowest BCUT2D eigenvalue weighted by Crippen LogP contribution is -2.23. The molecule has 4 nitrogen and oxygen atoms in total. The van der Waals surface area contributed by atoms with E-state index in [0.29, 0.717) is 5.75 Å². The van der Waals surface area contributed by atoms with Crippen molar-refractivity contribution in [2.75, 3.05) is 7.11 Å². The molecule has 0 saturated carbocycles. The highest BCUT2D eigenvalue weighted by molar-refractivity contribution is 9.10. The van der Waals surface area contributed by atoms with Gasteiger partial charge in [0.05, 0.1) is 12.0 Å². The van der Waals surface area contributed by atoms with Gasteiger partial charge in [-0.05, 0) is 51.8 Å². The monoisotopic (exact) mass is 373 g/mol. The number of rotatable bonds is 5. The van der Waals surface area contributed by atoms with Crippen LogP contribution in [0.5, 0.6) is 5.75 Å². The van der Waals surface area contributed by atoms with Crippen molar-refractivity contribution < 1.29 is 17.5 Å². The van der Waals surface area contributed by atoms with Crippen LogP contribution in [-0.2, 0) is 16.6 Å². The Hall–Kier alpha value is -1.44. The molecule has 2 aromatic carbocycles. The summed E-state index contributed by atoms with van der Waals surface area (Å²) in [6.07, 6.45) is 0. The lowest BCUT2D eigenvalue weighted by atomic mass is 10.2. The second-order valence-electron chi connectivity index (χ2n) is 4.25. The molecule has 2 aromatic rings. The van der Waals surface area contributed by atoms with Crippen molar-refractivity contribution in [1.82, 2.24) is 4.72 Å². The van der Waals surface area contributed by atoms with Crippen LogP contribution in [0.4, 0.5) is 4.39 Å². The van der Waals surface area contributed by atoms with E-state index in [1.165, 1.54) is 6.07 Å². The molecule has 0 amide bonds. The molecule has 0 radical (unpaired) electrons. The average Bonchev–Trinajstić information content (AvgIpc) is 2.45. The zero-order valence-corrected chi connectivity index (χ0v) is 13.5. The molecule has 1 N–H and O–H groups in total. The molecule has 21 heavy (non-hydrogen) atoms. The second-order valence-corrected chi connectivity index (χ2v) is 6.84. The second kappa shape index (κ2) is 6.55. The first-order valence-electron chi connectivity index (χ1n) is 6.00. The van der Waals surface area contributed by atoms with E-state index in [-0.39, 0.29) is 15.9 Å². The minimum Gasteiger partial charge on any atom is -0.497 e. The number of sulfonamides is 1. The number of methoxy groups -OCH3 is 1. The van der Waals surface area contributed by atoms with Crippen molar-refractivity contribution in [2.45, 2.75) is 11.4 Å². The van der Waals surface area contributed by atoms with Gasteiger partial charge in [-0.15, -0.1) is 0 Å². The molecule has 0 aliphatic carbocycles. The molecule has 2 rings (SSSR count). The molecule has 7 heteroatoms. The highest BCUT2D eigenvalue weighted by Gasteiger charge is 2.17. The summed E-state index contributed by atoms with van der Waals surface area (Å²) in [6.45, 7) is 0.114. The molecule has 0 aliphatic rings. The van der Waals surface area contributed by atoms with E-state index in [1.807, 2.05) is 0 Å². The predicted octanol–water partition coefficient (Wildman–Crippen LogP) is 3.08. The molecule has 0 saturated heterocycles. The van der Waals surface area contributed by atoms with Crippen molar-refractivity contribution in [3.8, 4) is 5.75 Å². The maximum atomic E-state index is 13.0. The van der Waals surface area contributed by atoms with Crippen molar-refractivity contribution >= 4 is 26.0 Å². The Kier molecular flexibility index (Phi) is 4.97. The van der Waals surface area contributed by atoms with Crippen molar-refractivity contribution in [1.29, 1.82) is 0 Å². The fourth-order valence-electron chi connectivity index (χ4n) is 1.73. The number of benzene rings is 2. The quantitative estimate of drug-likeness (QED) is 0.875. The number of ether oxygens (including phenoxy) is 1. The maximum Gasteiger partial charge on any atom is 0.241 e. The fraction of sp³-hybridized carbons (Fsp3) is 0.143. The van der Waals surface area contributed by atoms with Gasteiger partial charge in [-0.3, -0.25) is 0 Å². The van der Waals surface area contributed by atoms with Gasteiger partial charge in [0, 0.05) is 11.0 Å². The minimum atomic E-state index is -3.73. The van der Waals surface area contributed by atoms with Gasteiger partial charge in [-0.25, -0.2) is 17.5 Å². The van der Waals surface area contributed by atoms with Crippen LogP contribution in [-0.4, -0.2) is 15.5 Å². The molecule has 0 spiro atoms. The predicted molar refractivity (Wildman–Crippen MR) is 81.1 cm³/mol. The van der Waals surface area contributed by atoms with E-state index in [2.05, 4.69) is 20.7 Å². The van der Waals surface area contributed by atoms with E-state index < -0.39 is 15.8 Å². The molecule has 112 valence electrons. The molecule has 0 bridgehead atoms. The van der Waals surface area contributed by atoms with Crippen LogP contribution in [0.25, 0.3) is 0 Å². The van der Waals surface area contributed by atoms with Gasteiger partial charge in [0.2, 0.25) is 10.0 Å². The fourth-order valence-corrected chi connectivity index (χ4v) is 3.80. The summed E-state index contributed by atoms with van der Waals surface area (Å²) in [6, 6.07) is 10.5. The van der Waals surface area contributed by atoms with E-state index in [9.17, 15) is 12.8 Å². The Morgan fingerprint density at radius 3 is 2.67 bits per heavy atom. The summed E-state index contributed by atoms with van der Waals surface area (Å²) in [5, 5.41) is 0. The van der Waals surface area contributed by atoms with Gasteiger partial charge in [0.15, 0.2) is 0 Å². The Morgan fingerprint density at radius 2 is 2.00 bits per heavy atom. The molecule has 0 unspecified atom stereocenters. The summed E-state index contributed by atoms with van der Waals surface area (Å²) in [5.41, 5.74) is 0.760. The molecule has 0 aromatic heterocycles. The van der Waals surface area contributed by atoms with Gasteiger partial charge in [-0.2, -0.15) is 0 Å². The van der Waals surface area contributed by atoms with Crippen LogP contribution in [0.1, 0.15) is 5.56 Å². The normalized spacial score (nSPS) is 11.4. The first-order valence-corrected chi connectivity index (χ1v) is 8.27. The number of hydrogen-bond donors (Lipinski definition) is 1. The first-order chi connectivity index (χ1) is 9.92. The zero-order valence-electron chi connectivity index (χ0n) is 11.1. The Morgan fingerprint density at radius 1 is 1.24 bits per heavy atom. The van der Waals surface area contributed by atoms with E-state index in [1.54, 1.807) is 31.4 Å². The number of hydrogen-bond acceptors (Lipinski definition) is 3. The summed E-state index contributed by atoms with van der Waals surface area (Å²) in [4.78, 5) is -0.00760. The van der Waals surface area contributed by atoms with Crippen LogP contribution in [0.2, 0.25) is 0 Å². The molecular weight excluding hydrogens is 361 g/mol. The number of nitrogens with one attached hydrogen (secondary N) is 1. The van der Waals surface area contributed by atoms with Crippen LogP contribution in [0.3, 0.4) is 0 Å².